The van der Waals surface area contributed by atoms with Gasteiger partial charge in [-0.05, 0) is 56.3 Å². The lowest BCUT2D eigenvalue weighted by Gasteiger charge is -2.14. The van der Waals surface area contributed by atoms with Crippen molar-refractivity contribution in [2.24, 2.45) is 5.73 Å². The number of aryl methyl sites for hydroxylation is 2. The summed E-state index contributed by atoms with van der Waals surface area (Å²) < 4.78 is 5.32. The topological polar surface area (TPSA) is 55.5 Å². The summed E-state index contributed by atoms with van der Waals surface area (Å²) in [7, 11) is 1.69. The fraction of sp³-hybridized carbons (Fsp3) is 0.571. The Kier molecular flexibility index (Phi) is 5.45. The zero-order valence-corrected chi connectivity index (χ0v) is 11.0. The quantitative estimate of drug-likeness (QED) is 0.795. The normalized spacial score (nSPS) is 12.5. The van der Waals surface area contributed by atoms with Gasteiger partial charge in [0.05, 0.1) is 13.2 Å². The number of aliphatic hydroxyl groups excluding tert-OH is 1. The fourth-order valence-corrected chi connectivity index (χ4v) is 2.21. The van der Waals surface area contributed by atoms with Crippen molar-refractivity contribution in [3.8, 4) is 5.75 Å². The molecule has 0 aliphatic heterocycles. The first-order chi connectivity index (χ1) is 8.08. The molecule has 0 bridgehead atoms. The summed E-state index contributed by atoms with van der Waals surface area (Å²) in [5.74, 6) is 0.935. The van der Waals surface area contributed by atoms with Crippen molar-refractivity contribution in [1.29, 1.82) is 0 Å². The van der Waals surface area contributed by atoms with Crippen LogP contribution in [0.5, 0.6) is 5.75 Å². The van der Waals surface area contributed by atoms with Gasteiger partial charge in [-0.1, -0.05) is 12.1 Å². The Labute approximate surface area is 104 Å². The Morgan fingerprint density at radius 2 is 1.88 bits per heavy atom. The summed E-state index contributed by atoms with van der Waals surface area (Å²) >= 11 is 0. The summed E-state index contributed by atoms with van der Waals surface area (Å²) in [6.07, 6.45) is 2.02. The first kappa shape index (κ1) is 14.0. The molecule has 0 fully saturated rings. The van der Waals surface area contributed by atoms with Crippen LogP contribution in [-0.4, -0.2) is 24.9 Å². The molecule has 1 aromatic rings. The van der Waals surface area contributed by atoms with Crippen LogP contribution in [0.3, 0.4) is 0 Å². The number of hydrogen-bond donors (Lipinski definition) is 2. The standard InChI is InChI=1S/C14H23NO2/c1-10-7-12(8-11(2)14(10)17-3)9-13(16)5-4-6-15/h7-8,13,16H,4-6,9,15H2,1-3H3. The van der Waals surface area contributed by atoms with E-state index in [0.717, 1.165) is 35.3 Å². The molecule has 0 aromatic heterocycles. The van der Waals surface area contributed by atoms with E-state index in [0.29, 0.717) is 13.0 Å². The van der Waals surface area contributed by atoms with Crippen LogP contribution in [-0.2, 0) is 6.42 Å². The third-order valence-electron chi connectivity index (χ3n) is 2.94. The molecule has 17 heavy (non-hydrogen) atoms. The number of aliphatic hydroxyl groups is 1. The third kappa shape index (κ3) is 4.02. The number of rotatable bonds is 6. The van der Waals surface area contributed by atoms with E-state index in [2.05, 4.69) is 12.1 Å². The van der Waals surface area contributed by atoms with Gasteiger partial charge < -0.3 is 15.6 Å². The monoisotopic (exact) mass is 237 g/mol. The smallest absolute Gasteiger partial charge is 0.124 e. The molecule has 0 radical (unpaired) electrons. The van der Waals surface area contributed by atoms with E-state index in [1.165, 1.54) is 0 Å². The molecule has 1 unspecified atom stereocenters. The van der Waals surface area contributed by atoms with Crippen LogP contribution in [0.1, 0.15) is 29.5 Å². The van der Waals surface area contributed by atoms with Crippen molar-refractivity contribution < 1.29 is 9.84 Å². The second-order valence-corrected chi connectivity index (χ2v) is 4.55. The average molecular weight is 237 g/mol. The van der Waals surface area contributed by atoms with Gasteiger partial charge >= 0.3 is 0 Å². The van der Waals surface area contributed by atoms with Gasteiger partial charge in [-0.3, -0.25) is 0 Å². The van der Waals surface area contributed by atoms with Crippen molar-refractivity contribution in [3.05, 3.63) is 28.8 Å². The Bertz CT molecular complexity index is 340. The highest BCUT2D eigenvalue weighted by molar-refractivity contribution is 5.43. The van der Waals surface area contributed by atoms with Crippen molar-refractivity contribution in [1.82, 2.24) is 0 Å². The molecule has 1 atom stereocenters. The Morgan fingerprint density at radius 3 is 2.35 bits per heavy atom. The van der Waals surface area contributed by atoms with E-state index in [-0.39, 0.29) is 6.10 Å². The lowest BCUT2D eigenvalue weighted by Crippen LogP contribution is -2.13. The van der Waals surface area contributed by atoms with Crippen LogP contribution < -0.4 is 10.5 Å². The molecular weight excluding hydrogens is 214 g/mol. The van der Waals surface area contributed by atoms with E-state index in [4.69, 9.17) is 10.5 Å². The molecular formula is C14H23NO2. The average Bonchev–Trinajstić information content (AvgIpc) is 2.26. The second-order valence-electron chi connectivity index (χ2n) is 4.55. The fourth-order valence-electron chi connectivity index (χ4n) is 2.21. The van der Waals surface area contributed by atoms with Crippen LogP contribution in [0, 0.1) is 13.8 Å². The SMILES string of the molecule is COc1c(C)cc(CC(O)CCCN)cc1C. The first-order valence-corrected chi connectivity index (χ1v) is 6.10. The van der Waals surface area contributed by atoms with Crippen molar-refractivity contribution >= 4 is 0 Å². The Hall–Kier alpha value is -1.06. The van der Waals surface area contributed by atoms with Gasteiger partial charge in [-0.25, -0.2) is 0 Å². The van der Waals surface area contributed by atoms with Gasteiger partial charge in [0.1, 0.15) is 5.75 Å². The maximum atomic E-state index is 9.86. The van der Waals surface area contributed by atoms with E-state index in [9.17, 15) is 5.11 Å². The summed E-state index contributed by atoms with van der Waals surface area (Å²) in [5.41, 5.74) is 8.82. The molecule has 0 heterocycles. The number of nitrogens with two attached hydrogens (primary N) is 1. The number of hydrogen-bond acceptors (Lipinski definition) is 3. The van der Waals surface area contributed by atoms with E-state index in [1.54, 1.807) is 7.11 Å². The molecule has 0 amide bonds. The molecule has 0 aliphatic rings. The van der Waals surface area contributed by atoms with Crippen molar-refractivity contribution in [2.45, 2.75) is 39.2 Å². The Balaban J connectivity index is 2.72. The molecule has 3 heteroatoms. The number of benzene rings is 1. The molecule has 0 saturated heterocycles. The van der Waals surface area contributed by atoms with Crippen LogP contribution in [0.15, 0.2) is 12.1 Å². The van der Waals surface area contributed by atoms with Crippen LogP contribution in [0.4, 0.5) is 0 Å². The summed E-state index contributed by atoms with van der Waals surface area (Å²) in [5, 5.41) is 9.86. The largest absolute Gasteiger partial charge is 0.496 e. The predicted octanol–water partition coefficient (Wildman–Crippen LogP) is 1.95. The molecule has 0 aliphatic carbocycles. The van der Waals surface area contributed by atoms with E-state index < -0.39 is 0 Å². The molecule has 0 spiro atoms. The van der Waals surface area contributed by atoms with Crippen molar-refractivity contribution in [2.75, 3.05) is 13.7 Å². The molecule has 96 valence electrons. The third-order valence-corrected chi connectivity index (χ3v) is 2.94. The molecule has 1 aromatic carbocycles. The van der Waals surface area contributed by atoms with Gasteiger partial charge in [0.15, 0.2) is 0 Å². The summed E-state index contributed by atoms with van der Waals surface area (Å²) in [4.78, 5) is 0. The lowest BCUT2D eigenvalue weighted by atomic mass is 9.99. The predicted molar refractivity (Wildman–Crippen MR) is 70.5 cm³/mol. The highest BCUT2D eigenvalue weighted by Gasteiger charge is 2.09. The first-order valence-electron chi connectivity index (χ1n) is 6.10. The summed E-state index contributed by atoms with van der Waals surface area (Å²) in [6.45, 7) is 4.70. The van der Waals surface area contributed by atoms with Gasteiger partial charge in [-0.2, -0.15) is 0 Å². The van der Waals surface area contributed by atoms with Crippen LogP contribution in [0.25, 0.3) is 0 Å². The van der Waals surface area contributed by atoms with Gasteiger partial charge in [0, 0.05) is 0 Å². The zero-order chi connectivity index (χ0) is 12.8. The minimum absolute atomic E-state index is 0.300. The molecule has 1 rings (SSSR count). The van der Waals surface area contributed by atoms with Crippen molar-refractivity contribution in [3.63, 3.8) is 0 Å². The second kappa shape index (κ2) is 6.62. The summed E-state index contributed by atoms with van der Waals surface area (Å²) in [6, 6.07) is 4.16. The zero-order valence-electron chi connectivity index (χ0n) is 11.0. The molecule has 3 nitrogen and oxygen atoms in total. The van der Waals surface area contributed by atoms with Crippen LogP contribution in [0.2, 0.25) is 0 Å². The highest BCUT2D eigenvalue weighted by Crippen LogP contribution is 2.25. The Morgan fingerprint density at radius 1 is 1.29 bits per heavy atom. The molecule has 3 N–H and O–H groups in total. The minimum Gasteiger partial charge on any atom is -0.496 e. The minimum atomic E-state index is -0.300. The number of ether oxygens (including phenoxy) is 1. The van der Waals surface area contributed by atoms with E-state index in [1.807, 2.05) is 13.8 Å². The van der Waals surface area contributed by atoms with E-state index >= 15 is 0 Å². The number of methoxy groups -OCH3 is 1. The van der Waals surface area contributed by atoms with Crippen LogP contribution >= 0.6 is 0 Å². The molecule has 0 saturated carbocycles. The lowest BCUT2D eigenvalue weighted by molar-refractivity contribution is 0.163. The van der Waals surface area contributed by atoms with Gasteiger partial charge in [-0.15, -0.1) is 0 Å². The van der Waals surface area contributed by atoms with Gasteiger partial charge in [0.25, 0.3) is 0 Å². The highest BCUT2D eigenvalue weighted by atomic mass is 16.5. The maximum absolute atomic E-state index is 9.86. The maximum Gasteiger partial charge on any atom is 0.124 e. The van der Waals surface area contributed by atoms with Gasteiger partial charge in [0.2, 0.25) is 0 Å².